The Morgan fingerprint density at radius 3 is 1.87 bits per heavy atom. The predicted octanol–water partition coefficient (Wildman–Crippen LogP) is 3.63. The van der Waals surface area contributed by atoms with Crippen LogP contribution in [0, 0.1) is 5.92 Å². The van der Waals surface area contributed by atoms with Crippen molar-refractivity contribution >= 4 is 39.0 Å². The number of sulfone groups is 1. The van der Waals surface area contributed by atoms with Crippen LogP contribution in [-0.4, -0.2) is 24.7 Å². The molecule has 0 amide bonds. The first-order valence-electron chi connectivity index (χ1n) is 6.80. The molecule has 2 aromatic rings. The molecule has 1 aliphatic rings. The maximum Gasteiger partial charge on any atom is 0.308 e. The highest BCUT2D eigenvalue weighted by atomic mass is 35.5. The van der Waals surface area contributed by atoms with E-state index in [1.165, 1.54) is 24.3 Å². The summed E-state index contributed by atoms with van der Waals surface area (Å²) in [5, 5.41) is 9.30. The lowest BCUT2D eigenvalue weighted by molar-refractivity contribution is -0.138. The minimum atomic E-state index is -3.76. The lowest BCUT2D eigenvalue weighted by atomic mass is 10.1. The van der Waals surface area contributed by atoms with Gasteiger partial charge in [0.25, 0.3) is 0 Å². The van der Waals surface area contributed by atoms with Crippen molar-refractivity contribution in [1.82, 2.24) is 0 Å². The zero-order valence-electron chi connectivity index (χ0n) is 11.7. The number of rotatable bonds is 4. The topological polar surface area (TPSA) is 71.4 Å². The fraction of sp³-hybridized carbons (Fsp3) is 0.188. The van der Waals surface area contributed by atoms with E-state index in [9.17, 15) is 18.3 Å². The molecule has 1 fully saturated rings. The van der Waals surface area contributed by atoms with Gasteiger partial charge < -0.3 is 5.11 Å². The Bertz CT molecular complexity index is 845. The summed E-state index contributed by atoms with van der Waals surface area (Å²) in [6.07, 6.45) is 0. The molecule has 0 saturated heterocycles. The van der Waals surface area contributed by atoms with Gasteiger partial charge in [-0.25, -0.2) is 8.42 Å². The summed E-state index contributed by atoms with van der Waals surface area (Å²) in [5.74, 6) is -2.66. The molecule has 3 rings (SSSR count). The highest BCUT2D eigenvalue weighted by Crippen LogP contribution is 2.54. The first-order valence-corrected chi connectivity index (χ1v) is 9.10. The van der Waals surface area contributed by atoms with Crippen LogP contribution in [0.15, 0.2) is 53.4 Å². The van der Waals surface area contributed by atoms with E-state index in [1.54, 1.807) is 24.3 Å². The lowest BCUT2D eigenvalue weighted by Gasteiger charge is -2.04. The number of benzene rings is 2. The van der Waals surface area contributed by atoms with Gasteiger partial charge in [-0.1, -0.05) is 35.3 Å². The van der Waals surface area contributed by atoms with Gasteiger partial charge in [0, 0.05) is 16.0 Å². The zero-order valence-corrected chi connectivity index (χ0v) is 14.0. The molecule has 2 aromatic carbocycles. The average molecular weight is 371 g/mol. The van der Waals surface area contributed by atoms with Crippen LogP contribution in [0.25, 0.3) is 0 Å². The van der Waals surface area contributed by atoms with Crippen LogP contribution in [-0.2, 0) is 14.6 Å². The summed E-state index contributed by atoms with van der Waals surface area (Å²) in [6, 6.07) is 12.3. The minimum Gasteiger partial charge on any atom is -0.481 e. The molecule has 7 heteroatoms. The molecule has 0 unspecified atom stereocenters. The Balaban J connectivity index is 1.98. The fourth-order valence-electron chi connectivity index (χ4n) is 2.83. The van der Waals surface area contributed by atoms with Crippen molar-refractivity contribution in [2.75, 3.05) is 0 Å². The van der Waals surface area contributed by atoms with Gasteiger partial charge in [-0.3, -0.25) is 4.79 Å². The summed E-state index contributed by atoms with van der Waals surface area (Å²) in [4.78, 5) is 11.5. The number of hydrogen-bond acceptors (Lipinski definition) is 3. The monoisotopic (exact) mass is 370 g/mol. The third-order valence-corrected chi connectivity index (χ3v) is 6.73. The second-order valence-corrected chi connectivity index (χ2v) is 8.38. The molecular weight excluding hydrogens is 359 g/mol. The molecule has 23 heavy (non-hydrogen) atoms. The number of halogens is 2. The Kier molecular flexibility index (Phi) is 4.12. The summed E-state index contributed by atoms with van der Waals surface area (Å²) < 4.78 is 25.5. The summed E-state index contributed by atoms with van der Waals surface area (Å²) in [7, 11) is -3.76. The van der Waals surface area contributed by atoms with Crippen LogP contribution in [0.3, 0.4) is 0 Å². The first-order chi connectivity index (χ1) is 10.8. The highest BCUT2D eigenvalue weighted by molar-refractivity contribution is 7.92. The van der Waals surface area contributed by atoms with Crippen LogP contribution >= 0.6 is 23.2 Å². The van der Waals surface area contributed by atoms with Gasteiger partial charge in [0.05, 0.1) is 16.1 Å². The van der Waals surface area contributed by atoms with Gasteiger partial charge in [0.1, 0.15) is 0 Å². The maximum absolute atomic E-state index is 12.7. The Labute approximate surface area is 143 Å². The SMILES string of the molecule is O=C(O)[C@@H]1[C@H](c2ccc(Cl)cc2)[C@@H]1S(=O)(=O)c1ccc(Cl)cc1. The van der Waals surface area contributed by atoms with E-state index in [1.807, 2.05) is 0 Å². The Morgan fingerprint density at radius 1 is 0.913 bits per heavy atom. The van der Waals surface area contributed by atoms with Crippen molar-refractivity contribution in [2.24, 2.45) is 5.92 Å². The number of carboxylic acid groups (broad SMARTS) is 1. The smallest absolute Gasteiger partial charge is 0.308 e. The Hall–Kier alpha value is -1.56. The molecule has 1 saturated carbocycles. The van der Waals surface area contributed by atoms with E-state index >= 15 is 0 Å². The lowest BCUT2D eigenvalue weighted by Crippen LogP contribution is -2.13. The average Bonchev–Trinajstić information content (AvgIpc) is 3.25. The first kappa shape index (κ1) is 16.3. The zero-order chi connectivity index (χ0) is 16.8. The van der Waals surface area contributed by atoms with Crippen molar-refractivity contribution < 1.29 is 18.3 Å². The standard InChI is InChI=1S/C16H12Cl2O4S/c17-10-3-1-9(2-4-10)13-14(16(19)20)15(13)23(21,22)12-7-5-11(18)6-8-12/h1-8,13-15H,(H,19,20)/t13-,14+,15-/m0/s1. The van der Waals surface area contributed by atoms with Gasteiger partial charge in [-0.05, 0) is 42.0 Å². The number of hydrogen-bond donors (Lipinski definition) is 1. The van der Waals surface area contributed by atoms with Crippen molar-refractivity contribution in [2.45, 2.75) is 16.1 Å². The van der Waals surface area contributed by atoms with Crippen molar-refractivity contribution in [3.05, 3.63) is 64.1 Å². The summed E-state index contributed by atoms with van der Waals surface area (Å²) in [6.45, 7) is 0. The molecular formula is C16H12Cl2O4S. The maximum atomic E-state index is 12.7. The molecule has 0 aliphatic heterocycles. The third kappa shape index (κ3) is 2.96. The molecule has 1 N–H and O–H groups in total. The molecule has 120 valence electrons. The van der Waals surface area contributed by atoms with Gasteiger partial charge >= 0.3 is 5.97 Å². The van der Waals surface area contributed by atoms with E-state index in [2.05, 4.69) is 0 Å². The normalized spacial score (nSPS) is 23.5. The quantitative estimate of drug-likeness (QED) is 0.891. The molecule has 0 spiro atoms. The Morgan fingerprint density at radius 2 is 1.39 bits per heavy atom. The van der Waals surface area contributed by atoms with E-state index in [0.717, 1.165) is 0 Å². The molecule has 0 aromatic heterocycles. The summed E-state index contributed by atoms with van der Waals surface area (Å²) >= 11 is 11.6. The van der Waals surface area contributed by atoms with E-state index in [4.69, 9.17) is 23.2 Å². The minimum absolute atomic E-state index is 0.0783. The second kappa shape index (κ2) is 5.82. The van der Waals surface area contributed by atoms with Crippen molar-refractivity contribution in [3.8, 4) is 0 Å². The van der Waals surface area contributed by atoms with Crippen LogP contribution in [0.5, 0.6) is 0 Å². The third-order valence-electron chi connectivity index (χ3n) is 3.99. The van der Waals surface area contributed by atoms with Crippen LogP contribution in [0.4, 0.5) is 0 Å². The summed E-state index contributed by atoms with van der Waals surface area (Å²) in [5.41, 5.74) is 0.657. The van der Waals surface area contributed by atoms with E-state index < -0.39 is 32.9 Å². The van der Waals surface area contributed by atoms with Gasteiger partial charge in [0.2, 0.25) is 0 Å². The molecule has 0 radical (unpaired) electrons. The van der Waals surface area contributed by atoms with Crippen LogP contribution in [0.2, 0.25) is 10.0 Å². The van der Waals surface area contributed by atoms with E-state index in [-0.39, 0.29) is 4.90 Å². The molecule has 0 heterocycles. The predicted molar refractivity (Wildman–Crippen MR) is 87.7 cm³/mol. The molecule has 4 nitrogen and oxygen atoms in total. The van der Waals surface area contributed by atoms with E-state index in [0.29, 0.717) is 15.6 Å². The fourth-order valence-corrected chi connectivity index (χ4v) is 5.20. The van der Waals surface area contributed by atoms with Gasteiger partial charge in [-0.15, -0.1) is 0 Å². The van der Waals surface area contributed by atoms with Crippen molar-refractivity contribution in [1.29, 1.82) is 0 Å². The van der Waals surface area contributed by atoms with Gasteiger partial charge in [0.15, 0.2) is 9.84 Å². The number of aliphatic carboxylic acids is 1. The van der Waals surface area contributed by atoms with Gasteiger partial charge in [-0.2, -0.15) is 0 Å². The number of carbonyl (C=O) groups is 1. The van der Waals surface area contributed by atoms with Crippen LogP contribution in [0.1, 0.15) is 11.5 Å². The second-order valence-electron chi connectivity index (χ2n) is 5.40. The highest BCUT2D eigenvalue weighted by Gasteiger charge is 2.63. The number of carboxylic acids is 1. The largest absolute Gasteiger partial charge is 0.481 e. The molecule has 0 bridgehead atoms. The van der Waals surface area contributed by atoms with Crippen LogP contribution < -0.4 is 0 Å². The molecule has 1 aliphatic carbocycles. The van der Waals surface area contributed by atoms with Crippen molar-refractivity contribution in [3.63, 3.8) is 0 Å². The molecule has 3 atom stereocenters.